The first kappa shape index (κ1) is 6.57. The number of amides is 1. The molecule has 0 aromatic heterocycles. The summed E-state index contributed by atoms with van der Waals surface area (Å²) in [6.45, 7) is 1.39. The highest BCUT2D eigenvalue weighted by molar-refractivity contribution is 5.85. The molecule has 0 radical (unpaired) electrons. The van der Waals surface area contributed by atoms with Crippen molar-refractivity contribution < 1.29 is 4.79 Å². The summed E-state index contributed by atoms with van der Waals surface area (Å²) in [4.78, 5) is 12.3. The van der Waals surface area contributed by atoms with E-state index in [2.05, 4.69) is 0 Å². The standard InChI is InChI=1S/C6H5N3O/c7-3-5(4-8)6(10)9-1-2-9/h5H,1-2H2. The van der Waals surface area contributed by atoms with E-state index in [1.807, 2.05) is 0 Å². The van der Waals surface area contributed by atoms with Crippen molar-refractivity contribution in [3.63, 3.8) is 0 Å². The van der Waals surface area contributed by atoms with Gasteiger partial charge < -0.3 is 4.90 Å². The molecule has 10 heavy (non-hydrogen) atoms. The molecule has 0 N–H and O–H groups in total. The van der Waals surface area contributed by atoms with E-state index in [1.54, 1.807) is 12.1 Å². The van der Waals surface area contributed by atoms with Gasteiger partial charge in [0.25, 0.3) is 5.91 Å². The van der Waals surface area contributed by atoms with Gasteiger partial charge in [0.2, 0.25) is 5.92 Å². The molecule has 0 aromatic rings. The second-order valence-corrected chi connectivity index (χ2v) is 2.02. The summed E-state index contributed by atoms with van der Waals surface area (Å²) in [6, 6.07) is 3.24. The van der Waals surface area contributed by atoms with E-state index in [0.29, 0.717) is 13.1 Å². The average molecular weight is 135 g/mol. The van der Waals surface area contributed by atoms with Crippen LogP contribution in [0.2, 0.25) is 0 Å². The van der Waals surface area contributed by atoms with Crippen LogP contribution in [0.25, 0.3) is 0 Å². The Hall–Kier alpha value is -1.55. The van der Waals surface area contributed by atoms with Crippen molar-refractivity contribution in [1.29, 1.82) is 10.5 Å². The smallest absolute Gasteiger partial charge is 0.254 e. The molecule has 4 nitrogen and oxygen atoms in total. The van der Waals surface area contributed by atoms with Crippen LogP contribution in [0, 0.1) is 28.6 Å². The van der Waals surface area contributed by atoms with Gasteiger partial charge in [-0.3, -0.25) is 4.79 Å². The van der Waals surface area contributed by atoms with E-state index in [-0.39, 0.29) is 5.91 Å². The second kappa shape index (κ2) is 2.36. The molecule has 1 rings (SSSR count). The molecule has 0 unspecified atom stereocenters. The molecule has 0 spiro atoms. The van der Waals surface area contributed by atoms with Gasteiger partial charge in [-0.05, 0) is 0 Å². The topological polar surface area (TPSA) is 67.7 Å². The predicted octanol–water partition coefficient (Wildman–Crippen LogP) is -0.508. The third-order valence-corrected chi connectivity index (χ3v) is 1.26. The lowest BCUT2D eigenvalue weighted by Gasteiger charge is -1.97. The van der Waals surface area contributed by atoms with E-state index in [4.69, 9.17) is 10.5 Å². The molecule has 1 aliphatic heterocycles. The van der Waals surface area contributed by atoms with Crippen LogP contribution in [-0.2, 0) is 4.79 Å². The molecular formula is C6H5N3O. The zero-order chi connectivity index (χ0) is 7.56. The summed E-state index contributed by atoms with van der Waals surface area (Å²) in [6.07, 6.45) is 0. The van der Waals surface area contributed by atoms with E-state index in [1.165, 1.54) is 4.90 Å². The molecule has 0 bridgehead atoms. The Morgan fingerprint density at radius 3 is 2.20 bits per heavy atom. The lowest BCUT2D eigenvalue weighted by Crippen LogP contribution is -2.19. The Labute approximate surface area is 58.3 Å². The van der Waals surface area contributed by atoms with Crippen molar-refractivity contribution in [2.75, 3.05) is 13.1 Å². The van der Waals surface area contributed by atoms with E-state index < -0.39 is 5.92 Å². The van der Waals surface area contributed by atoms with Gasteiger partial charge in [0.15, 0.2) is 0 Å². The Kier molecular flexibility index (Phi) is 1.55. The van der Waals surface area contributed by atoms with Crippen LogP contribution < -0.4 is 0 Å². The van der Waals surface area contributed by atoms with E-state index in [9.17, 15) is 4.79 Å². The van der Waals surface area contributed by atoms with Crippen LogP contribution in [-0.4, -0.2) is 23.9 Å². The van der Waals surface area contributed by atoms with Gasteiger partial charge in [-0.25, -0.2) is 0 Å². The van der Waals surface area contributed by atoms with Gasteiger partial charge in [0.05, 0.1) is 12.1 Å². The molecule has 0 saturated carbocycles. The van der Waals surface area contributed by atoms with Crippen LogP contribution in [0.1, 0.15) is 0 Å². The van der Waals surface area contributed by atoms with Crippen LogP contribution in [0.4, 0.5) is 0 Å². The van der Waals surface area contributed by atoms with Gasteiger partial charge in [0.1, 0.15) is 0 Å². The lowest BCUT2D eigenvalue weighted by molar-refractivity contribution is -0.126. The molecule has 0 aliphatic carbocycles. The van der Waals surface area contributed by atoms with Crippen LogP contribution in [0.3, 0.4) is 0 Å². The maximum Gasteiger partial charge on any atom is 0.254 e. The van der Waals surface area contributed by atoms with E-state index in [0.717, 1.165) is 0 Å². The third kappa shape index (κ3) is 1.06. The Bertz CT molecular complexity index is 216. The Morgan fingerprint density at radius 2 is 1.90 bits per heavy atom. The quantitative estimate of drug-likeness (QED) is 0.455. The van der Waals surface area contributed by atoms with Crippen molar-refractivity contribution in [1.82, 2.24) is 4.90 Å². The first-order chi connectivity index (χ1) is 4.79. The molecule has 1 saturated heterocycles. The molecular weight excluding hydrogens is 130 g/mol. The van der Waals surface area contributed by atoms with Crippen LogP contribution in [0.5, 0.6) is 0 Å². The van der Waals surface area contributed by atoms with Crippen LogP contribution >= 0.6 is 0 Å². The maximum absolute atomic E-state index is 10.8. The molecule has 1 amide bonds. The summed E-state index contributed by atoms with van der Waals surface area (Å²) >= 11 is 0. The van der Waals surface area contributed by atoms with E-state index >= 15 is 0 Å². The minimum absolute atomic E-state index is 0.356. The fraction of sp³-hybridized carbons (Fsp3) is 0.500. The average Bonchev–Trinajstić information content (AvgIpc) is 2.71. The Morgan fingerprint density at radius 1 is 1.40 bits per heavy atom. The van der Waals surface area contributed by atoms with Gasteiger partial charge in [-0.1, -0.05) is 0 Å². The first-order valence-corrected chi connectivity index (χ1v) is 2.87. The summed E-state index contributed by atoms with van der Waals surface area (Å²) in [7, 11) is 0. The molecule has 1 aliphatic rings. The summed E-state index contributed by atoms with van der Waals surface area (Å²) in [5.74, 6) is -1.45. The van der Waals surface area contributed by atoms with Gasteiger partial charge >= 0.3 is 0 Å². The van der Waals surface area contributed by atoms with Gasteiger partial charge in [-0.2, -0.15) is 10.5 Å². The molecule has 4 heteroatoms. The summed E-state index contributed by atoms with van der Waals surface area (Å²) in [5, 5.41) is 16.5. The molecule has 0 aromatic carbocycles. The molecule has 50 valence electrons. The highest BCUT2D eigenvalue weighted by atomic mass is 16.2. The highest BCUT2D eigenvalue weighted by Gasteiger charge is 2.30. The highest BCUT2D eigenvalue weighted by Crippen LogP contribution is 2.09. The van der Waals surface area contributed by atoms with Crippen molar-refractivity contribution in [2.24, 2.45) is 5.92 Å². The van der Waals surface area contributed by atoms with Gasteiger partial charge in [-0.15, -0.1) is 0 Å². The molecule has 1 heterocycles. The normalized spacial score (nSPS) is 14.1. The minimum atomic E-state index is -1.09. The zero-order valence-electron chi connectivity index (χ0n) is 5.24. The molecule has 0 atom stereocenters. The zero-order valence-corrected chi connectivity index (χ0v) is 5.24. The van der Waals surface area contributed by atoms with Crippen molar-refractivity contribution >= 4 is 5.91 Å². The SMILES string of the molecule is N#CC(C#N)C(=O)N1CC1. The number of hydrogen-bond donors (Lipinski definition) is 0. The number of hydrogen-bond acceptors (Lipinski definition) is 3. The number of nitriles is 2. The van der Waals surface area contributed by atoms with Crippen molar-refractivity contribution in [3.8, 4) is 12.1 Å². The number of carbonyl (C=O) groups excluding carboxylic acids is 1. The monoisotopic (exact) mass is 135 g/mol. The number of carbonyl (C=O) groups is 1. The predicted molar refractivity (Wildman–Crippen MR) is 31.3 cm³/mol. The maximum atomic E-state index is 10.8. The molecule has 1 fully saturated rings. The second-order valence-electron chi connectivity index (χ2n) is 2.02. The fourth-order valence-corrected chi connectivity index (χ4v) is 0.592. The summed E-state index contributed by atoms with van der Waals surface area (Å²) < 4.78 is 0. The first-order valence-electron chi connectivity index (χ1n) is 2.87. The number of rotatable bonds is 1. The minimum Gasteiger partial charge on any atom is -0.337 e. The lowest BCUT2D eigenvalue weighted by atomic mass is 10.2. The largest absolute Gasteiger partial charge is 0.337 e. The van der Waals surface area contributed by atoms with Crippen molar-refractivity contribution in [3.05, 3.63) is 0 Å². The van der Waals surface area contributed by atoms with Crippen LogP contribution in [0.15, 0.2) is 0 Å². The third-order valence-electron chi connectivity index (χ3n) is 1.26. The van der Waals surface area contributed by atoms with Gasteiger partial charge in [0, 0.05) is 13.1 Å². The number of nitrogens with zero attached hydrogens (tertiary/aromatic N) is 3. The Balaban J connectivity index is 2.56. The van der Waals surface area contributed by atoms with Crippen molar-refractivity contribution in [2.45, 2.75) is 0 Å². The summed E-state index contributed by atoms with van der Waals surface area (Å²) in [5.41, 5.74) is 0. The fourth-order valence-electron chi connectivity index (χ4n) is 0.592.